The van der Waals surface area contributed by atoms with Crippen molar-refractivity contribution in [2.45, 2.75) is 25.4 Å². The topological polar surface area (TPSA) is 137 Å². The number of quaternary nitrogens is 1. The third-order valence-corrected chi connectivity index (χ3v) is 6.50. The second kappa shape index (κ2) is 11.0. The Bertz CT molecular complexity index is 1300. The van der Waals surface area contributed by atoms with E-state index in [0.717, 1.165) is 11.1 Å². The summed E-state index contributed by atoms with van der Waals surface area (Å²) in [6.07, 6.45) is -0.0766. The number of nitrogens with two attached hydrogens (primary N) is 1. The first-order valence-corrected chi connectivity index (χ1v) is 12.0. The van der Waals surface area contributed by atoms with Gasteiger partial charge in [0, 0.05) is 23.4 Å². The number of amidine groups is 1. The van der Waals surface area contributed by atoms with Crippen molar-refractivity contribution in [3.63, 3.8) is 0 Å². The number of urea groups is 1. The number of fused-ring (bicyclic) bond motifs is 1. The van der Waals surface area contributed by atoms with Crippen molar-refractivity contribution in [2.75, 3.05) is 23.3 Å². The largest absolute Gasteiger partial charge is 0.481 e. The molecule has 0 spiro atoms. The first-order valence-electron chi connectivity index (χ1n) is 12.0. The van der Waals surface area contributed by atoms with Crippen LogP contribution in [0.5, 0.6) is 0 Å². The second-order valence-corrected chi connectivity index (χ2v) is 9.10. The number of carboxylic acids is 1. The number of amides is 3. The smallest absolute Gasteiger partial charge is 0.431 e. The molecule has 9 heteroatoms. The van der Waals surface area contributed by atoms with Gasteiger partial charge in [-0.2, -0.15) is 4.48 Å². The molecule has 2 atom stereocenters. The van der Waals surface area contributed by atoms with Gasteiger partial charge in [-0.1, -0.05) is 66.7 Å². The first kappa shape index (κ1) is 25.6. The van der Waals surface area contributed by atoms with Crippen LogP contribution in [0, 0.1) is 5.41 Å². The van der Waals surface area contributed by atoms with E-state index >= 15 is 0 Å². The summed E-state index contributed by atoms with van der Waals surface area (Å²) in [6.45, 7) is -0.0692. The second-order valence-electron chi connectivity index (χ2n) is 9.10. The van der Waals surface area contributed by atoms with Crippen LogP contribution in [0.15, 0.2) is 84.9 Å². The Balaban J connectivity index is 1.87. The number of carbonyl (C=O) groups is 3. The molecule has 5 N–H and O–H groups in total. The van der Waals surface area contributed by atoms with Crippen LogP contribution >= 0.6 is 0 Å². The monoisotopic (exact) mass is 500 g/mol. The van der Waals surface area contributed by atoms with E-state index in [4.69, 9.17) is 11.1 Å². The Labute approximate surface area is 215 Å². The van der Waals surface area contributed by atoms with Gasteiger partial charge in [0.2, 0.25) is 0 Å². The van der Waals surface area contributed by atoms with E-state index in [1.165, 1.54) is 4.90 Å². The highest BCUT2D eigenvalue weighted by Crippen LogP contribution is 2.32. The van der Waals surface area contributed by atoms with E-state index in [1.54, 1.807) is 42.5 Å². The molecule has 0 fully saturated rings. The van der Waals surface area contributed by atoms with Crippen LogP contribution in [0.4, 0.5) is 16.2 Å². The number of nitrogens with one attached hydrogen (secondary N) is 2. The van der Waals surface area contributed by atoms with Crippen LogP contribution in [-0.4, -0.2) is 52.5 Å². The first-order chi connectivity index (χ1) is 17.8. The predicted molar refractivity (Wildman–Crippen MR) is 141 cm³/mol. The molecule has 0 radical (unpaired) electrons. The quantitative estimate of drug-likeness (QED) is 0.212. The third-order valence-electron chi connectivity index (χ3n) is 6.50. The average Bonchev–Trinajstić information content (AvgIpc) is 3.01. The number of anilines is 2. The van der Waals surface area contributed by atoms with Gasteiger partial charge in [-0.15, -0.1) is 0 Å². The van der Waals surface area contributed by atoms with Crippen molar-refractivity contribution in [3.05, 3.63) is 96.1 Å². The van der Waals surface area contributed by atoms with Crippen LogP contribution in [0.2, 0.25) is 0 Å². The molecule has 1 aliphatic rings. The Kier molecular flexibility index (Phi) is 7.64. The van der Waals surface area contributed by atoms with E-state index < -0.39 is 34.9 Å². The Morgan fingerprint density at radius 1 is 1.00 bits per heavy atom. The molecule has 3 aromatic carbocycles. The lowest BCUT2D eigenvalue weighted by Crippen LogP contribution is -2.65. The highest BCUT2D eigenvalue weighted by molar-refractivity contribution is 6.01. The van der Waals surface area contributed by atoms with Crippen molar-refractivity contribution in [3.8, 4) is 0 Å². The Hall–Kier alpha value is -4.50. The number of hydrogen-bond donors (Lipinski definition) is 4. The number of carbonyl (C=O) groups excluding carboxylic acids is 2. The number of nitrogens with zero attached hydrogens (tertiary/aromatic N) is 2. The maximum absolute atomic E-state index is 14.5. The number of para-hydroxylation sites is 2. The van der Waals surface area contributed by atoms with Crippen molar-refractivity contribution < 1.29 is 24.0 Å². The number of carboxylic acid groups (broad SMARTS) is 1. The lowest BCUT2D eigenvalue weighted by molar-refractivity contribution is -0.786. The molecule has 9 nitrogen and oxygen atoms in total. The van der Waals surface area contributed by atoms with E-state index in [2.05, 4.69) is 5.32 Å². The molecule has 190 valence electrons. The van der Waals surface area contributed by atoms with E-state index in [-0.39, 0.29) is 25.5 Å². The van der Waals surface area contributed by atoms with Crippen LogP contribution in [-0.2, 0) is 22.6 Å². The minimum atomic E-state index is -1.15. The van der Waals surface area contributed by atoms with Crippen molar-refractivity contribution in [2.24, 2.45) is 5.73 Å². The standard InChI is InChI=1S/C28H29N5O4/c29-25(30)18-32(22-12-5-2-6-13-22)28(37)33(16-15-20-9-3-1-4-10-20)19-21-11-7-8-14-23(21)31-24(27(33)36)17-26(34)35/h1-14,24,31H,15-19H2,(H3-,29,30,34,35)/p+1. The minimum absolute atomic E-state index is 0.0328. The normalized spacial score (nSPS) is 18.7. The zero-order valence-electron chi connectivity index (χ0n) is 20.3. The molecule has 0 aliphatic carbocycles. The SMILES string of the molecule is N=C(N)CN(C(=O)[N+]1(CCc2ccccc2)Cc2ccccc2NC(CC(=O)O)C1=O)c1ccccc1. The average molecular weight is 501 g/mol. The van der Waals surface area contributed by atoms with Gasteiger partial charge in [-0.3, -0.25) is 15.1 Å². The van der Waals surface area contributed by atoms with Gasteiger partial charge in [0.25, 0.3) is 0 Å². The molecule has 1 heterocycles. The molecule has 0 saturated heterocycles. The summed E-state index contributed by atoms with van der Waals surface area (Å²) < 4.78 is -0.654. The van der Waals surface area contributed by atoms with E-state index in [0.29, 0.717) is 17.8 Å². The van der Waals surface area contributed by atoms with Crippen molar-refractivity contribution >= 4 is 35.1 Å². The number of benzene rings is 3. The zero-order chi connectivity index (χ0) is 26.4. The summed E-state index contributed by atoms with van der Waals surface area (Å²) in [5, 5.41) is 20.6. The molecule has 3 amide bonds. The Morgan fingerprint density at radius 3 is 2.27 bits per heavy atom. The molecular formula is C28H30N5O4+. The summed E-state index contributed by atoms with van der Waals surface area (Å²) in [7, 11) is 0. The molecular weight excluding hydrogens is 470 g/mol. The molecule has 1 aliphatic heterocycles. The summed E-state index contributed by atoms with van der Waals surface area (Å²) >= 11 is 0. The number of imide groups is 1. The zero-order valence-corrected chi connectivity index (χ0v) is 20.3. The van der Waals surface area contributed by atoms with Gasteiger partial charge in [0.1, 0.15) is 12.4 Å². The maximum atomic E-state index is 14.5. The number of rotatable bonds is 8. The molecule has 0 saturated carbocycles. The molecule has 4 rings (SSSR count). The van der Waals surface area contributed by atoms with Gasteiger partial charge >= 0.3 is 17.9 Å². The predicted octanol–water partition coefficient (Wildman–Crippen LogP) is 3.60. The van der Waals surface area contributed by atoms with Crippen LogP contribution in [0.3, 0.4) is 0 Å². The Morgan fingerprint density at radius 2 is 1.62 bits per heavy atom. The van der Waals surface area contributed by atoms with Gasteiger partial charge in [0.15, 0.2) is 6.04 Å². The fourth-order valence-electron chi connectivity index (χ4n) is 4.72. The van der Waals surface area contributed by atoms with Gasteiger partial charge in [0.05, 0.1) is 19.5 Å². The summed E-state index contributed by atoms with van der Waals surface area (Å²) in [5.41, 5.74) is 8.53. The van der Waals surface area contributed by atoms with Crippen LogP contribution in [0.25, 0.3) is 0 Å². The summed E-state index contributed by atoms with van der Waals surface area (Å²) in [4.78, 5) is 41.9. The van der Waals surface area contributed by atoms with E-state index in [9.17, 15) is 19.5 Å². The van der Waals surface area contributed by atoms with Crippen molar-refractivity contribution in [1.29, 1.82) is 5.41 Å². The van der Waals surface area contributed by atoms with Crippen LogP contribution in [0.1, 0.15) is 17.5 Å². The summed E-state index contributed by atoms with van der Waals surface area (Å²) in [5.74, 6) is -1.92. The molecule has 37 heavy (non-hydrogen) atoms. The van der Waals surface area contributed by atoms with Gasteiger partial charge in [-0.25, -0.2) is 9.59 Å². The molecule has 3 aromatic rings. The van der Waals surface area contributed by atoms with E-state index in [1.807, 2.05) is 42.5 Å². The highest BCUT2D eigenvalue weighted by Gasteiger charge is 2.53. The molecule has 0 bridgehead atoms. The molecule has 2 unspecified atom stereocenters. The minimum Gasteiger partial charge on any atom is -0.481 e. The lowest BCUT2D eigenvalue weighted by Gasteiger charge is -2.37. The number of aliphatic carboxylic acids is 1. The van der Waals surface area contributed by atoms with Gasteiger partial charge in [-0.05, 0) is 23.8 Å². The molecule has 0 aromatic heterocycles. The fraction of sp³-hybridized carbons (Fsp3) is 0.214. The van der Waals surface area contributed by atoms with Crippen molar-refractivity contribution in [1.82, 2.24) is 0 Å². The number of hydrogen-bond acceptors (Lipinski definition) is 5. The van der Waals surface area contributed by atoms with Gasteiger partial charge < -0.3 is 16.2 Å². The fourth-order valence-corrected chi connectivity index (χ4v) is 4.72. The maximum Gasteiger partial charge on any atom is 0.431 e. The summed E-state index contributed by atoms with van der Waals surface area (Å²) in [6, 6.07) is 23.8. The lowest BCUT2D eigenvalue weighted by atomic mass is 10.1. The third kappa shape index (κ3) is 5.68. The highest BCUT2D eigenvalue weighted by atomic mass is 16.4. The van der Waals surface area contributed by atoms with Crippen LogP contribution < -0.4 is 16.0 Å².